The van der Waals surface area contributed by atoms with E-state index in [0.29, 0.717) is 29.7 Å². The van der Waals surface area contributed by atoms with Gasteiger partial charge in [0.15, 0.2) is 0 Å². The van der Waals surface area contributed by atoms with Gasteiger partial charge in [0.25, 0.3) is 5.91 Å². The largest absolute Gasteiger partial charge is 0.421 e. The van der Waals surface area contributed by atoms with E-state index in [1.54, 1.807) is 6.07 Å². The predicted molar refractivity (Wildman–Crippen MR) is 141 cm³/mol. The van der Waals surface area contributed by atoms with Gasteiger partial charge in [0, 0.05) is 52.3 Å². The van der Waals surface area contributed by atoms with E-state index in [-0.39, 0.29) is 22.8 Å². The van der Waals surface area contributed by atoms with Gasteiger partial charge in [-0.1, -0.05) is 0 Å². The van der Waals surface area contributed by atoms with Crippen LogP contribution in [0.15, 0.2) is 30.3 Å². The molecule has 0 unspecified atom stereocenters. The third-order valence-corrected chi connectivity index (χ3v) is 7.47. The molecule has 0 fully saturated rings. The standard InChI is InChI=1S/C25H27ClN6O2S/c1-13-11-27-21-20-15-6-9-18(30-16(15)7-8-17(20)35-22(21)23(33)28-13)34-19-10-14(29-24(26)31-19)12-32(5)25(2,3)4/h6-10,13,27H,11-12H2,1-5H3,(H,28,33)/t13-/m1/s1. The molecule has 5 rings (SSSR count). The molecule has 0 aliphatic carbocycles. The first kappa shape index (κ1) is 23.7. The van der Waals surface area contributed by atoms with Crippen molar-refractivity contribution in [3.05, 3.63) is 46.2 Å². The molecule has 0 spiro atoms. The topological polar surface area (TPSA) is 92.3 Å². The molecular formula is C25H27ClN6O2S. The lowest BCUT2D eigenvalue weighted by Gasteiger charge is -2.31. The van der Waals surface area contributed by atoms with E-state index in [2.05, 4.69) is 46.3 Å². The third kappa shape index (κ3) is 4.76. The Kier molecular flexibility index (Phi) is 6.03. The molecule has 8 nitrogen and oxygen atoms in total. The first-order chi connectivity index (χ1) is 16.6. The van der Waals surface area contributed by atoms with Gasteiger partial charge < -0.3 is 15.4 Å². The number of hydrogen-bond acceptors (Lipinski definition) is 8. The Balaban J connectivity index is 1.48. The Hall–Kier alpha value is -3.01. The van der Waals surface area contributed by atoms with Crippen LogP contribution >= 0.6 is 22.9 Å². The number of carbonyl (C=O) groups is 1. The zero-order valence-electron chi connectivity index (χ0n) is 20.3. The molecule has 4 aromatic rings. The van der Waals surface area contributed by atoms with Crippen LogP contribution in [0.5, 0.6) is 11.8 Å². The molecule has 0 bridgehead atoms. The number of anilines is 1. The number of carbonyl (C=O) groups excluding carboxylic acids is 1. The summed E-state index contributed by atoms with van der Waals surface area (Å²) < 4.78 is 7.02. The third-order valence-electron chi connectivity index (χ3n) is 6.15. The van der Waals surface area contributed by atoms with Gasteiger partial charge in [0.05, 0.1) is 16.9 Å². The number of fused-ring (bicyclic) bond motifs is 5. The highest BCUT2D eigenvalue weighted by Crippen LogP contribution is 2.41. The van der Waals surface area contributed by atoms with Crippen LogP contribution in [0.3, 0.4) is 0 Å². The monoisotopic (exact) mass is 510 g/mol. The van der Waals surface area contributed by atoms with E-state index < -0.39 is 0 Å². The van der Waals surface area contributed by atoms with E-state index in [0.717, 1.165) is 32.4 Å². The van der Waals surface area contributed by atoms with Crippen LogP contribution in [-0.4, -0.2) is 50.9 Å². The zero-order chi connectivity index (χ0) is 24.9. The van der Waals surface area contributed by atoms with Gasteiger partial charge >= 0.3 is 0 Å². The van der Waals surface area contributed by atoms with Crippen molar-refractivity contribution in [1.29, 1.82) is 0 Å². The smallest absolute Gasteiger partial charge is 0.263 e. The maximum absolute atomic E-state index is 12.7. The molecule has 0 saturated carbocycles. The number of pyridine rings is 1. The maximum Gasteiger partial charge on any atom is 0.263 e. The Labute approximate surface area is 212 Å². The maximum atomic E-state index is 12.7. The van der Waals surface area contributed by atoms with Crippen molar-refractivity contribution in [1.82, 2.24) is 25.2 Å². The average molecular weight is 511 g/mol. The highest BCUT2D eigenvalue weighted by molar-refractivity contribution is 7.21. The number of aromatic nitrogens is 3. The Morgan fingerprint density at radius 2 is 1.97 bits per heavy atom. The Morgan fingerprint density at radius 3 is 2.74 bits per heavy atom. The van der Waals surface area contributed by atoms with Crippen LogP contribution in [0, 0.1) is 0 Å². The van der Waals surface area contributed by atoms with E-state index >= 15 is 0 Å². The fraction of sp³-hybridized carbons (Fsp3) is 0.360. The second-order valence-electron chi connectivity index (χ2n) is 9.81. The lowest BCUT2D eigenvalue weighted by molar-refractivity contribution is 0.0949. The minimum atomic E-state index is -0.0479. The van der Waals surface area contributed by atoms with Crippen molar-refractivity contribution in [2.45, 2.75) is 45.8 Å². The molecule has 182 valence electrons. The number of amides is 1. The minimum absolute atomic E-state index is 0.0167. The van der Waals surface area contributed by atoms with Crippen molar-refractivity contribution in [3.8, 4) is 11.8 Å². The molecule has 0 saturated heterocycles. The Morgan fingerprint density at radius 1 is 1.17 bits per heavy atom. The summed E-state index contributed by atoms with van der Waals surface area (Å²) in [5, 5.41) is 8.55. The van der Waals surface area contributed by atoms with Gasteiger partial charge in [-0.3, -0.25) is 9.69 Å². The predicted octanol–water partition coefficient (Wildman–Crippen LogP) is 5.46. The van der Waals surface area contributed by atoms with E-state index in [9.17, 15) is 4.79 Å². The van der Waals surface area contributed by atoms with Crippen molar-refractivity contribution in [3.63, 3.8) is 0 Å². The van der Waals surface area contributed by atoms with Crippen LogP contribution in [0.1, 0.15) is 43.1 Å². The number of hydrogen-bond donors (Lipinski definition) is 2. The summed E-state index contributed by atoms with van der Waals surface area (Å²) in [6.07, 6.45) is 0. The van der Waals surface area contributed by atoms with Gasteiger partial charge in [0.2, 0.25) is 17.0 Å². The highest BCUT2D eigenvalue weighted by Gasteiger charge is 2.25. The minimum Gasteiger partial charge on any atom is -0.421 e. The molecule has 4 heterocycles. The summed E-state index contributed by atoms with van der Waals surface area (Å²) in [7, 11) is 2.03. The van der Waals surface area contributed by atoms with E-state index in [4.69, 9.17) is 21.3 Å². The van der Waals surface area contributed by atoms with E-state index in [1.165, 1.54) is 11.3 Å². The summed E-state index contributed by atoms with van der Waals surface area (Å²) >= 11 is 7.67. The lowest BCUT2D eigenvalue weighted by Crippen LogP contribution is -2.37. The summed E-state index contributed by atoms with van der Waals surface area (Å²) in [5.74, 6) is 0.697. The molecule has 1 atom stereocenters. The van der Waals surface area contributed by atoms with Crippen LogP contribution in [0.2, 0.25) is 5.28 Å². The molecule has 1 aliphatic heterocycles. The van der Waals surface area contributed by atoms with Crippen LogP contribution in [-0.2, 0) is 6.54 Å². The van der Waals surface area contributed by atoms with Crippen molar-refractivity contribution >= 4 is 55.5 Å². The zero-order valence-corrected chi connectivity index (χ0v) is 21.8. The first-order valence-electron chi connectivity index (χ1n) is 11.4. The number of ether oxygens (including phenoxy) is 1. The Bertz CT molecular complexity index is 1450. The number of benzene rings is 1. The van der Waals surface area contributed by atoms with Crippen LogP contribution in [0.4, 0.5) is 5.69 Å². The number of nitrogens with zero attached hydrogens (tertiary/aromatic N) is 4. The molecule has 3 aromatic heterocycles. The molecular weight excluding hydrogens is 484 g/mol. The second kappa shape index (κ2) is 8.89. The normalized spacial score (nSPS) is 16.2. The van der Waals surface area contributed by atoms with Crippen LogP contribution < -0.4 is 15.4 Å². The van der Waals surface area contributed by atoms with Gasteiger partial charge in [-0.2, -0.15) is 4.98 Å². The summed E-state index contributed by atoms with van der Waals surface area (Å²) in [5.41, 5.74) is 2.38. The van der Waals surface area contributed by atoms with Crippen molar-refractivity contribution in [2.75, 3.05) is 18.9 Å². The number of halogens is 1. The van der Waals surface area contributed by atoms with Crippen LogP contribution in [0.25, 0.3) is 21.0 Å². The van der Waals surface area contributed by atoms with Gasteiger partial charge in [-0.15, -0.1) is 11.3 Å². The van der Waals surface area contributed by atoms with Crippen molar-refractivity contribution in [2.24, 2.45) is 0 Å². The molecule has 10 heteroatoms. The summed E-state index contributed by atoms with van der Waals surface area (Å²) in [6, 6.07) is 9.55. The molecule has 0 radical (unpaired) electrons. The van der Waals surface area contributed by atoms with Gasteiger partial charge in [0.1, 0.15) is 4.88 Å². The molecule has 1 amide bonds. The average Bonchev–Trinajstić information content (AvgIpc) is 3.09. The molecule has 35 heavy (non-hydrogen) atoms. The summed E-state index contributed by atoms with van der Waals surface area (Å²) in [4.78, 5) is 28.8. The first-order valence-corrected chi connectivity index (χ1v) is 12.6. The number of rotatable bonds is 4. The second-order valence-corrected chi connectivity index (χ2v) is 11.2. The quantitative estimate of drug-likeness (QED) is 0.352. The van der Waals surface area contributed by atoms with Crippen molar-refractivity contribution < 1.29 is 9.53 Å². The van der Waals surface area contributed by atoms with Gasteiger partial charge in [-0.25, -0.2) is 9.97 Å². The SMILES string of the molecule is C[C@@H]1CNc2c(sc3ccc4nc(Oc5cc(CN(C)C(C)(C)C)nc(Cl)n5)ccc4c23)C(=O)N1. The van der Waals surface area contributed by atoms with Gasteiger partial charge in [-0.05, 0) is 64.5 Å². The molecule has 1 aromatic carbocycles. The summed E-state index contributed by atoms with van der Waals surface area (Å²) in [6.45, 7) is 9.66. The molecule has 1 aliphatic rings. The highest BCUT2D eigenvalue weighted by atomic mass is 35.5. The fourth-order valence-electron chi connectivity index (χ4n) is 3.93. The molecule has 2 N–H and O–H groups in total. The lowest BCUT2D eigenvalue weighted by atomic mass is 10.1. The fourth-order valence-corrected chi connectivity index (χ4v) is 5.22. The van der Waals surface area contributed by atoms with E-state index in [1.807, 2.05) is 38.2 Å². The number of thiophene rings is 1. The number of nitrogens with one attached hydrogen (secondary N) is 2.